The van der Waals surface area contributed by atoms with Gasteiger partial charge in [0.1, 0.15) is 18.1 Å². The molecule has 4 atom stereocenters. The molecule has 21 heteroatoms. The van der Waals surface area contributed by atoms with E-state index in [9.17, 15) is 43.2 Å². The summed E-state index contributed by atoms with van der Waals surface area (Å²) in [5, 5.41) is 12.5. The van der Waals surface area contributed by atoms with Gasteiger partial charge in [-0.2, -0.15) is 0 Å². The van der Waals surface area contributed by atoms with Crippen molar-refractivity contribution in [1.82, 2.24) is 31.5 Å². The number of carbonyl (C=O) groups excluding carboxylic acids is 9. The van der Waals surface area contributed by atoms with Crippen LogP contribution >= 0.6 is 11.8 Å². The number of hydrogen-bond acceptors (Lipinski definition) is 13. The van der Waals surface area contributed by atoms with Crippen LogP contribution in [0.3, 0.4) is 0 Å². The maximum absolute atomic E-state index is 13.3. The minimum atomic E-state index is -1.24. The van der Waals surface area contributed by atoms with E-state index < -0.39 is 58.8 Å². The van der Waals surface area contributed by atoms with Crippen LogP contribution < -0.4 is 43.8 Å². The van der Waals surface area contributed by atoms with Crippen molar-refractivity contribution < 1.29 is 52.6 Å². The Labute approximate surface area is 331 Å². The molecule has 56 heavy (non-hydrogen) atoms. The summed E-state index contributed by atoms with van der Waals surface area (Å²) < 4.78 is 11.0. The minimum Gasteiger partial charge on any atom is -0.379 e. The lowest BCUT2D eigenvalue weighted by Gasteiger charge is -2.22. The third kappa shape index (κ3) is 21.1. The van der Waals surface area contributed by atoms with E-state index in [2.05, 4.69) is 26.6 Å². The van der Waals surface area contributed by atoms with Gasteiger partial charge in [-0.1, -0.05) is 13.8 Å². The SMILES string of the molecule is CCC(=O)NCCCCC(NC(=O)CCOCCOCCNC(=O)C(CCCCN)NC(=O)CC)C(=O)NC(CSC1CC(=O)N(CCC(N)=O)C1=O)C(N)=O. The van der Waals surface area contributed by atoms with Gasteiger partial charge in [0.2, 0.25) is 53.2 Å². The van der Waals surface area contributed by atoms with Crippen LogP contribution in [0.2, 0.25) is 0 Å². The molecular weight excluding hydrogens is 755 g/mol. The van der Waals surface area contributed by atoms with Crippen LogP contribution in [0.1, 0.15) is 84.5 Å². The number of ether oxygens (including phenoxy) is 2. The molecule has 0 aromatic heterocycles. The summed E-state index contributed by atoms with van der Waals surface area (Å²) in [7, 11) is 0. The average molecular weight is 816 g/mol. The van der Waals surface area contributed by atoms with Gasteiger partial charge in [0.15, 0.2) is 0 Å². The van der Waals surface area contributed by atoms with Gasteiger partial charge in [0.05, 0.1) is 31.7 Å². The molecule has 0 aliphatic carbocycles. The number of carbonyl (C=O) groups is 9. The second-order valence-corrected chi connectivity index (χ2v) is 14.2. The zero-order chi connectivity index (χ0) is 41.9. The monoisotopic (exact) mass is 815 g/mol. The highest BCUT2D eigenvalue weighted by Crippen LogP contribution is 2.26. The second-order valence-electron chi connectivity index (χ2n) is 12.9. The molecule has 9 amide bonds. The first kappa shape index (κ1) is 49.7. The Morgan fingerprint density at radius 3 is 1.98 bits per heavy atom. The molecule has 318 valence electrons. The molecule has 11 N–H and O–H groups in total. The highest BCUT2D eigenvalue weighted by molar-refractivity contribution is 8.00. The van der Waals surface area contributed by atoms with E-state index in [1.54, 1.807) is 13.8 Å². The number of amides is 9. The van der Waals surface area contributed by atoms with Crippen molar-refractivity contribution in [3.05, 3.63) is 0 Å². The van der Waals surface area contributed by atoms with Crippen LogP contribution in [-0.2, 0) is 52.6 Å². The summed E-state index contributed by atoms with van der Waals surface area (Å²) in [5.74, 6) is -4.54. The predicted molar refractivity (Wildman–Crippen MR) is 206 cm³/mol. The number of nitrogens with zero attached hydrogens (tertiary/aromatic N) is 1. The van der Waals surface area contributed by atoms with Gasteiger partial charge < -0.3 is 53.3 Å². The van der Waals surface area contributed by atoms with Gasteiger partial charge in [-0.15, -0.1) is 11.8 Å². The smallest absolute Gasteiger partial charge is 0.243 e. The third-order valence-electron chi connectivity index (χ3n) is 8.43. The summed E-state index contributed by atoms with van der Waals surface area (Å²) in [4.78, 5) is 111. The maximum atomic E-state index is 13.3. The van der Waals surface area contributed by atoms with Gasteiger partial charge >= 0.3 is 0 Å². The van der Waals surface area contributed by atoms with Crippen molar-refractivity contribution in [2.24, 2.45) is 17.2 Å². The van der Waals surface area contributed by atoms with Crippen molar-refractivity contribution in [2.75, 3.05) is 58.4 Å². The zero-order valence-electron chi connectivity index (χ0n) is 32.5. The van der Waals surface area contributed by atoms with Crippen molar-refractivity contribution in [1.29, 1.82) is 0 Å². The Hall–Kier alpha value is -4.34. The van der Waals surface area contributed by atoms with E-state index in [0.717, 1.165) is 23.1 Å². The number of hydrogen-bond donors (Lipinski definition) is 8. The molecule has 1 aliphatic heterocycles. The largest absolute Gasteiger partial charge is 0.379 e. The summed E-state index contributed by atoms with van der Waals surface area (Å²) in [6.45, 7) is 4.90. The quantitative estimate of drug-likeness (QED) is 0.0256. The molecule has 0 aromatic rings. The first-order valence-corrected chi connectivity index (χ1v) is 20.1. The number of imide groups is 1. The van der Waals surface area contributed by atoms with Crippen molar-refractivity contribution in [3.63, 3.8) is 0 Å². The Morgan fingerprint density at radius 1 is 0.732 bits per heavy atom. The Balaban J connectivity index is 2.59. The molecule has 0 radical (unpaired) electrons. The van der Waals surface area contributed by atoms with Gasteiger partial charge in [0.25, 0.3) is 0 Å². The lowest BCUT2D eigenvalue weighted by atomic mass is 10.1. The van der Waals surface area contributed by atoms with E-state index in [0.29, 0.717) is 45.2 Å². The maximum Gasteiger partial charge on any atom is 0.243 e. The highest BCUT2D eigenvalue weighted by atomic mass is 32.2. The van der Waals surface area contributed by atoms with E-state index >= 15 is 0 Å². The van der Waals surface area contributed by atoms with Crippen LogP contribution in [0.25, 0.3) is 0 Å². The van der Waals surface area contributed by atoms with E-state index in [-0.39, 0.29) is 95.1 Å². The summed E-state index contributed by atoms with van der Waals surface area (Å²) in [5.41, 5.74) is 16.2. The minimum absolute atomic E-state index is 0.00999. The highest BCUT2D eigenvalue weighted by Gasteiger charge is 2.39. The van der Waals surface area contributed by atoms with Gasteiger partial charge in [0, 0.05) is 57.5 Å². The van der Waals surface area contributed by atoms with E-state index in [1.807, 2.05) is 0 Å². The third-order valence-corrected chi connectivity index (χ3v) is 9.73. The number of unbranched alkanes of at least 4 members (excludes halogenated alkanes) is 2. The molecule has 4 unspecified atom stereocenters. The topological polar surface area (TPSA) is 314 Å². The molecule has 0 spiro atoms. The van der Waals surface area contributed by atoms with Gasteiger partial charge in [-0.05, 0) is 45.1 Å². The molecular formula is C35H61N9O11S. The van der Waals surface area contributed by atoms with Crippen molar-refractivity contribution in [3.8, 4) is 0 Å². The molecule has 1 heterocycles. The number of primary amides is 2. The Bertz CT molecular complexity index is 1320. The van der Waals surface area contributed by atoms with Crippen LogP contribution in [0.15, 0.2) is 0 Å². The van der Waals surface area contributed by atoms with Crippen molar-refractivity contribution in [2.45, 2.75) is 108 Å². The van der Waals surface area contributed by atoms with Crippen LogP contribution in [0, 0.1) is 0 Å². The number of rotatable bonds is 32. The van der Waals surface area contributed by atoms with Gasteiger partial charge in [-0.3, -0.25) is 48.1 Å². The zero-order valence-corrected chi connectivity index (χ0v) is 33.3. The summed E-state index contributed by atoms with van der Waals surface area (Å²) >= 11 is 0.963. The first-order chi connectivity index (χ1) is 26.7. The molecule has 0 aromatic carbocycles. The number of nitrogens with two attached hydrogens (primary N) is 3. The predicted octanol–water partition coefficient (Wildman–Crippen LogP) is -2.56. The van der Waals surface area contributed by atoms with Crippen LogP contribution in [0.5, 0.6) is 0 Å². The molecule has 1 fully saturated rings. The molecule has 20 nitrogen and oxygen atoms in total. The second kappa shape index (κ2) is 29.0. The van der Waals surface area contributed by atoms with Gasteiger partial charge in [-0.25, -0.2) is 0 Å². The lowest BCUT2D eigenvalue weighted by molar-refractivity contribution is -0.138. The van der Waals surface area contributed by atoms with Crippen molar-refractivity contribution >= 4 is 64.9 Å². The molecule has 1 aliphatic rings. The van der Waals surface area contributed by atoms with E-state index in [1.165, 1.54) is 0 Å². The fourth-order valence-corrected chi connectivity index (χ4v) is 6.40. The molecule has 1 saturated heterocycles. The Kier molecular flexibility index (Phi) is 25.7. The Morgan fingerprint density at radius 2 is 1.36 bits per heavy atom. The summed E-state index contributed by atoms with van der Waals surface area (Å²) in [6.07, 6.45) is 3.20. The standard InChI is InChI=1S/C35H61N9O11S/c1-3-28(46)39-14-8-6-10-24(34(52)43-25(32(38)50)22-56-26-21-31(49)44(35(26)53)16-11-27(37)45)42-30(48)12-17-54-19-20-55-18-15-40-33(51)23(9-5-7-13-36)41-29(47)4-2/h23-26H,3-22,36H2,1-2H3,(H2,37,45)(H2,38,50)(H,39,46)(H,40,51)(H,41,47)(H,42,48)(H,43,52). The number of thioether (sulfide) groups is 1. The lowest BCUT2D eigenvalue weighted by Crippen LogP contribution is -2.54. The fourth-order valence-electron chi connectivity index (χ4n) is 5.20. The number of nitrogens with one attached hydrogen (secondary N) is 5. The molecule has 0 saturated carbocycles. The summed E-state index contributed by atoms with van der Waals surface area (Å²) in [6, 6.07) is -2.95. The normalized spacial score (nSPS) is 15.4. The fraction of sp³-hybridized carbons (Fsp3) is 0.743. The van der Waals surface area contributed by atoms with Crippen LogP contribution in [-0.4, -0.2) is 140 Å². The van der Waals surface area contributed by atoms with E-state index in [4.69, 9.17) is 26.7 Å². The first-order valence-electron chi connectivity index (χ1n) is 19.1. The van der Waals surface area contributed by atoms with Crippen LogP contribution in [0.4, 0.5) is 0 Å². The molecule has 1 rings (SSSR count). The number of likely N-dealkylation sites (tertiary alicyclic amines) is 1. The molecule has 0 bridgehead atoms. The average Bonchev–Trinajstić information content (AvgIpc) is 3.43.